The van der Waals surface area contributed by atoms with Crippen molar-refractivity contribution in [1.82, 2.24) is 10.3 Å². The Kier molecular flexibility index (Phi) is 4.74. The average Bonchev–Trinajstić information content (AvgIpc) is 3.35. The fourth-order valence-corrected chi connectivity index (χ4v) is 3.77. The van der Waals surface area contributed by atoms with Crippen molar-refractivity contribution in [3.63, 3.8) is 0 Å². The third-order valence-corrected chi connectivity index (χ3v) is 5.19. The molecule has 0 saturated heterocycles. The van der Waals surface area contributed by atoms with Gasteiger partial charge in [0.15, 0.2) is 0 Å². The normalized spacial score (nSPS) is 20.3. The van der Waals surface area contributed by atoms with Crippen LogP contribution in [0.5, 0.6) is 0 Å². The zero-order chi connectivity index (χ0) is 13.9. The fourth-order valence-electron chi connectivity index (χ4n) is 2.59. The highest BCUT2D eigenvalue weighted by molar-refractivity contribution is 7.11. The summed E-state index contributed by atoms with van der Waals surface area (Å²) >= 11 is 1.89. The van der Waals surface area contributed by atoms with Crippen LogP contribution < -0.4 is 5.32 Å². The van der Waals surface area contributed by atoms with Crippen molar-refractivity contribution in [2.75, 3.05) is 6.61 Å². The zero-order valence-corrected chi connectivity index (χ0v) is 13.5. The van der Waals surface area contributed by atoms with Gasteiger partial charge in [-0.15, -0.1) is 11.3 Å². The molecular formula is C16H26N2OS. The van der Waals surface area contributed by atoms with E-state index in [1.54, 1.807) is 0 Å². The Labute approximate surface area is 126 Å². The summed E-state index contributed by atoms with van der Waals surface area (Å²) in [5.41, 5.74) is 1.37. The molecule has 1 unspecified atom stereocenters. The first-order valence-electron chi connectivity index (χ1n) is 8.16. The monoisotopic (exact) mass is 294 g/mol. The summed E-state index contributed by atoms with van der Waals surface area (Å²) in [5.74, 6) is 0.736. The van der Waals surface area contributed by atoms with Gasteiger partial charge < -0.3 is 10.1 Å². The molecule has 2 fully saturated rings. The first-order valence-corrected chi connectivity index (χ1v) is 8.97. The van der Waals surface area contributed by atoms with Gasteiger partial charge in [0.1, 0.15) is 11.1 Å². The van der Waals surface area contributed by atoms with E-state index in [9.17, 15) is 0 Å². The maximum Gasteiger partial charge on any atom is 0.122 e. The Hall–Kier alpha value is -0.450. The number of ether oxygens (including phenoxy) is 1. The molecule has 0 radical (unpaired) electrons. The Balaban J connectivity index is 1.73. The van der Waals surface area contributed by atoms with Gasteiger partial charge in [0.2, 0.25) is 0 Å². The third kappa shape index (κ3) is 3.60. The highest BCUT2D eigenvalue weighted by Crippen LogP contribution is 2.44. The predicted molar refractivity (Wildman–Crippen MR) is 83.2 cm³/mol. The van der Waals surface area contributed by atoms with Crippen molar-refractivity contribution in [3.05, 3.63) is 15.6 Å². The second kappa shape index (κ2) is 6.54. The van der Waals surface area contributed by atoms with Crippen molar-refractivity contribution >= 4 is 11.3 Å². The number of thiazole rings is 1. The highest BCUT2D eigenvalue weighted by atomic mass is 32.1. The minimum atomic E-state index is 0.210. The van der Waals surface area contributed by atoms with Crippen LogP contribution in [0.4, 0.5) is 0 Å². The summed E-state index contributed by atoms with van der Waals surface area (Å²) in [6.07, 6.45) is 7.80. The lowest BCUT2D eigenvalue weighted by molar-refractivity contribution is 0.0554. The van der Waals surface area contributed by atoms with E-state index in [1.165, 1.54) is 41.3 Å². The van der Waals surface area contributed by atoms with E-state index in [0.29, 0.717) is 0 Å². The van der Waals surface area contributed by atoms with E-state index in [-0.39, 0.29) is 6.10 Å². The maximum absolute atomic E-state index is 5.90. The molecule has 112 valence electrons. The molecule has 1 heterocycles. The van der Waals surface area contributed by atoms with Crippen molar-refractivity contribution in [3.8, 4) is 0 Å². The molecule has 0 bridgehead atoms. The van der Waals surface area contributed by atoms with E-state index in [0.717, 1.165) is 38.0 Å². The molecule has 2 aliphatic rings. The van der Waals surface area contributed by atoms with Gasteiger partial charge in [-0.1, -0.05) is 13.3 Å². The molecule has 4 heteroatoms. The quantitative estimate of drug-likeness (QED) is 0.743. The van der Waals surface area contributed by atoms with E-state index in [1.807, 2.05) is 11.3 Å². The molecule has 3 rings (SSSR count). The molecule has 1 N–H and O–H groups in total. The first kappa shape index (κ1) is 14.5. The van der Waals surface area contributed by atoms with Gasteiger partial charge in [0, 0.05) is 30.0 Å². The molecule has 1 aromatic rings. The molecule has 0 aromatic carbocycles. The van der Waals surface area contributed by atoms with Crippen LogP contribution in [-0.4, -0.2) is 17.6 Å². The number of nitrogens with one attached hydrogen (secondary N) is 1. The van der Waals surface area contributed by atoms with Gasteiger partial charge in [0.25, 0.3) is 0 Å². The minimum absolute atomic E-state index is 0.210. The van der Waals surface area contributed by atoms with E-state index in [2.05, 4.69) is 19.2 Å². The van der Waals surface area contributed by atoms with E-state index in [4.69, 9.17) is 9.72 Å². The Morgan fingerprint density at radius 3 is 2.70 bits per heavy atom. The van der Waals surface area contributed by atoms with Crippen LogP contribution in [0.25, 0.3) is 0 Å². The SMILES string of the molecule is CCCC(OCC)c1nc(C2CC2)c(CNC2CC2)s1. The van der Waals surface area contributed by atoms with Gasteiger partial charge in [-0.3, -0.25) is 0 Å². The standard InChI is InChI=1S/C16H26N2OS/c1-3-5-13(19-4-2)16-18-15(11-6-7-11)14(20-16)10-17-12-8-9-12/h11-13,17H,3-10H2,1-2H3. The van der Waals surface area contributed by atoms with Crippen LogP contribution in [0, 0.1) is 0 Å². The summed E-state index contributed by atoms with van der Waals surface area (Å²) in [4.78, 5) is 6.43. The lowest BCUT2D eigenvalue weighted by Crippen LogP contribution is -2.15. The summed E-state index contributed by atoms with van der Waals surface area (Å²) < 4.78 is 5.90. The van der Waals surface area contributed by atoms with Crippen molar-refractivity contribution in [1.29, 1.82) is 0 Å². The third-order valence-electron chi connectivity index (χ3n) is 4.03. The number of nitrogens with zero attached hydrogens (tertiary/aromatic N) is 1. The van der Waals surface area contributed by atoms with E-state index < -0.39 is 0 Å². The van der Waals surface area contributed by atoms with E-state index >= 15 is 0 Å². The topological polar surface area (TPSA) is 34.1 Å². The number of hydrogen-bond acceptors (Lipinski definition) is 4. The lowest BCUT2D eigenvalue weighted by Gasteiger charge is -2.12. The van der Waals surface area contributed by atoms with Crippen molar-refractivity contribution in [2.45, 2.75) is 77.0 Å². The molecule has 0 spiro atoms. The predicted octanol–water partition coefficient (Wildman–Crippen LogP) is 4.15. The van der Waals surface area contributed by atoms with Gasteiger partial charge in [-0.05, 0) is 39.0 Å². The molecule has 20 heavy (non-hydrogen) atoms. The summed E-state index contributed by atoms with van der Waals surface area (Å²) in [7, 11) is 0. The number of rotatable bonds is 9. The average molecular weight is 294 g/mol. The van der Waals surface area contributed by atoms with Crippen LogP contribution >= 0.6 is 11.3 Å². The Bertz CT molecular complexity index is 432. The smallest absolute Gasteiger partial charge is 0.122 e. The molecule has 3 nitrogen and oxygen atoms in total. The van der Waals surface area contributed by atoms with Crippen LogP contribution in [0.15, 0.2) is 0 Å². The minimum Gasteiger partial charge on any atom is -0.371 e. The summed E-state index contributed by atoms with van der Waals surface area (Å²) in [6.45, 7) is 6.09. The molecule has 2 saturated carbocycles. The number of aromatic nitrogens is 1. The molecule has 0 amide bonds. The van der Waals surface area contributed by atoms with Crippen LogP contribution in [0.1, 0.15) is 80.0 Å². The molecule has 1 atom stereocenters. The lowest BCUT2D eigenvalue weighted by atomic mass is 10.2. The van der Waals surface area contributed by atoms with Crippen molar-refractivity contribution in [2.24, 2.45) is 0 Å². The molecule has 2 aliphatic carbocycles. The van der Waals surface area contributed by atoms with Gasteiger partial charge in [0.05, 0.1) is 5.69 Å². The highest BCUT2D eigenvalue weighted by Gasteiger charge is 2.31. The molecule has 1 aromatic heterocycles. The second-order valence-electron chi connectivity index (χ2n) is 6.02. The Morgan fingerprint density at radius 1 is 1.30 bits per heavy atom. The second-order valence-corrected chi connectivity index (χ2v) is 7.14. The van der Waals surface area contributed by atoms with Crippen LogP contribution in [0.2, 0.25) is 0 Å². The van der Waals surface area contributed by atoms with Gasteiger partial charge >= 0.3 is 0 Å². The molecular weight excluding hydrogens is 268 g/mol. The van der Waals surface area contributed by atoms with Gasteiger partial charge in [-0.25, -0.2) is 4.98 Å². The fraction of sp³-hybridized carbons (Fsp3) is 0.812. The first-order chi connectivity index (χ1) is 9.81. The summed E-state index contributed by atoms with van der Waals surface area (Å²) in [6, 6.07) is 0.769. The van der Waals surface area contributed by atoms with Gasteiger partial charge in [-0.2, -0.15) is 0 Å². The Morgan fingerprint density at radius 2 is 2.10 bits per heavy atom. The maximum atomic E-state index is 5.90. The number of hydrogen-bond donors (Lipinski definition) is 1. The zero-order valence-electron chi connectivity index (χ0n) is 12.7. The summed E-state index contributed by atoms with van der Waals surface area (Å²) in [5, 5.41) is 4.85. The van der Waals surface area contributed by atoms with Crippen LogP contribution in [0.3, 0.4) is 0 Å². The molecule has 0 aliphatic heterocycles. The van der Waals surface area contributed by atoms with Crippen molar-refractivity contribution < 1.29 is 4.74 Å². The largest absolute Gasteiger partial charge is 0.371 e. The van der Waals surface area contributed by atoms with Crippen LogP contribution in [-0.2, 0) is 11.3 Å².